The molecule has 2 saturated heterocycles. The van der Waals surface area contributed by atoms with Gasteiger partial charge in [-0.25, -0.2) is 8.42 Å². The van der Waals surface area contributed by atoms with E-state index in [4.69, 9.17) is 0 Å². The van der Waals surface area contributed by atoms with Gasteiger partial charge in [0.25, 0.3) is 0 Å². The average molecular weight is 402 g/mol. The molecule has 0 unspecified atom stereocenters. The van der Waals surface area contributed by atoms with Crippen molar-refractivity contribution < 1.29 is 18.1 Å². The van der Waals surface area contributed by atoms with Gasteiger partial charge in [0.1, 0.15) is 11.8 Å². The Balaban J connectivity index is 1.50. The summed E-state index contributed by atoms with van der Waals surface area (Å²) in [6.45, 7) is 3.15. The number of halogens is 1. The van der Waals surface area contributed by atoms with Crippen LogP contribution in [-0.2, 0) is 21.1 Å². The van der Waals surface area contributed by atoms with Crippen molar-refractivity contribution >= 4 is 31.7 Å². The van der Waals surface area contributed by atoms with Crippen molar-refractivity contribution in [1.29, 1.82) is 0 Å². The van der Waals surface area contributed by atoms with Crippen LogP contribution in [0.1, 0.15) is 12.0 Å². The number of piperazine rings is 1. The molecule has 2 aliphatic rings. The molecule has 2 fully saturated rings. The Kier molecular flexibility index (Phi) is 5.08. The fraction of sp³-hybridized carbons (Fsp3) is 0.562. The minimum absolute atomic E-state index is 0.158. The summed E-state index contributed by atoms with van der Waals surface area (Å²) in [5, 5.41) is 0. The first-order valence-corrected chi connectivity index (χ1v) is 10.6. The second-order valence-electron chi connectivity index (χ2n) is 6.44. The molecule has 0 spiro atoms. The van der Waals surface area contributed by atoms with Gasteiger partial charge in [-0.3, -0.25) is 4.79 Å². The predicted octanol–water partition coefficient (Wildman–Crippen LogP) is -0.0942. The summed E-state index contributed by atoms with van der Waals surface area (Å²) in [6.07, 6.45) is 1.20. The number of sulfone groups is 1. The van der Waals surface area contributed by atoms with Crippen molar-refractivity contribution in [2.24, 2.45) is 0 Å². The Hall–Kier alpha value is -0.920. The second-order valence-corrected chi connectivity index (χ2v) is 9.59. The Morgan fingerprint density at radius 1 is 1.22 bits per heavy atom. The highest BCUT2D eigenvalue weighted by atomic mass is 79.9. The van der Waals surface area contributed by atoms with Gasteiger partial charge in [-0.2, -0.15) is 0 Å². The monoisotopic (exact) mass is 401 g/mol. The predicted molar refractivity (Wildman–Crippen MR) is 92.2 cm³/mol. The molecule has 3 rings (SSSR count). The van der Waals surface area contributed by atoms with Crippen molar-refractivity contribution in [3.05, 3.63) is 34.3 Å². The lowest BCUT2D eigenvalue weighted by Gasteiger charge is -2.35. The lowest BCUT2D eigenvalue weighted by atomic mass is 10.1. The number of quaternary nitrogens is 1. The number of benzene rings is 1. The van der Waals surface area contributed by atoms with E-state index in [2.05, 4.69) is 15.9 Å². The van der Waals surface area contributed by atoms with Crippen molar-refractivity contribution in [1.82, 2.24) is 4.90 Å². The molecule has 1 N–H and O–H groups in total. The van der Waals surface area contributed by atoms with E-state index in [9.17, 15) is 13.2 Å². The SMILES string of the molecule is O=C(Cc1ccc(Br)cc1)N1CC[NH+]([C@@H]2CCS(=O)(=O)C2)CC1. The summed E-state index contributed by atoms with van der Waals surface area (Å²) in [7, 11) is -2.82. The van der Waals surface area contributed by atoms with Crippen LogP contribution in [0.25, 0.3) is 0 Å². The minimum Gasteiger partial charge on any atom is -0.331 e. The van der Waals surface area contributed by atoms with Crippen LogP contribution in [-0.4, -0.2) is 63.0 Å². The third-order valence-electron chi connectivity index (χ3n) is 4.84. The topological polar surface area (TPSA) is 58.9 Å². The third kappa shape index (κ3) is 4.33. The zero-order chi connectivity index (χ0) is 16.4. The third-order valence-corrected chi connectivity index (χ3v) is 7.13. The fourth-order valence-corrected chi connectivity index (χ4v) is 5.55. The van der Waals surface area contributed by atoms with Gasteiger partial charge in [-0.05, 0) is 17.7 Å². The number of hydrogen-bond donors (Lipinski definition) is 1. The molecule has 0 aliphatic carbocycles. The zero-order valence-electron chi connectivity index (χ0n) is 13.0. The van der Waals surface area contributed by atoms with E-state index >= 15 is 0 Å². The molecule has 1 amide bonds. The number of hydrogen-bond acceptors (Lipinski definition) is 3. The van der Waals surface area contributed by atoms with Gasteiger partial charge >= 0.3 is 0 Å². The number of carbonyl (C=O) groups excluding carboxylic acids is 1. The van der Waals surface area contributed by atoms with E-state index in [1.165, 1.54) is 4.90 Å². The largest absolute Gasteiger partial charge is 0.331 e. The molecule has 2 aliphatic heterocycles. The van der Waals surface area contributed by atoms with Crippen LogP contribution >= 0.6 is 15.9 Å². The minimum atomic E-state index is -2.82. The maximum absolute atomic E-state index is 12.4. The molecule has 0 radical (unpaired) electrons. The molecule has 7 heteroatoms. The van der Waals surface area contributed by atoms with Gasteiger partial charge in [0.15, 0.2) is 9.84 Å². The van der Waals surface area contributed by atoms with Crippen LogP contribution < -0.4 is 4.90 Å². The van der Waals surface area contributed by atoms with Crippen LogP contribution in [0.3, 0.4) is 0 Å². The number of nitrogens with zero attached hydrogens (tertiary/aromatic N) is 1. The maximum Gasteiger partial charge on any atom is 0.227 e. The van der Waals surface area contributed by atoms with E-state index in [0.29, 0.717) is 17.9 Å². The van der Waals surface area contributed by atoms with Crippen LogP contribution in [0, 0.1) is 0 Å². The normalized spacial score (nSPS) is 24.7. The molecule has 2 heterocycles. The van der Waals surface area contributed by atoms with Crippen molar-refractivity contribution in [2.75, 3.05) is 37.7 Å². The van der Waals surface area contributed by atoms with Gasteiger partial charge in [0.05, 0.1) is 38.4 Å². The van der Waals surface area contributed by atoms with E-state index < -0.39 is 9.84 Å². The summed E-state index contributed by atoms with van der Waals surface area (Å²) in [5.41, 5.74) is 1.02. The average Bonchev–Trinajstić information content (AvgIpc) is 2.90. The van der Waals surface area contributed by atoms with Gasteiger partial charge in [-0.15, -0.1) is 0 Å². The Morgan fingerprint density at radius 3 is 2.43 bits per heavy atom. The zero-order valence-corrected chi connectivity index (χ0v) is 15.4. The Labute approximate surface area is 145 Å². The second kappa shape index (κ2) is 6.91. The molecule has 1 aromatic carbocycles. The number of carbonyl (C=O) groups is 1. The highest BCUT2D eigenvalue weighted by molar-refractivity contribution is 9.10. The molecule has 0 bridgehead atoms. The first kappa shape index (κ1) is 16.9. The Bertz CT molecular complexity index is 667. The molecule has 23 heavy (non-hydrogen) atoms. The van der Waals surface area contributed by atoms with Crippen LogP contribution in [0.15, 0.2) is 28.7 Å². The van der Waals surface area contributed by atoms with E-state index in [1.807, 2.05) is 29.2 Å². The molecule has 1 atom stereocenters. The summed E-state index contributed by atoms with van der Waals surface area (Å²) in [5.74, 6) is 0.799. The summed E-state index contributed by atoms with van der Waals surface area (Å²) in [6, 6.07) is 8.06. The molecular formula is C16H22BrN2O3S+. The van der Waals surface area contributed by atoms with E-state index in [0.717, 1.165) is 42.6 Å². The van der Waals surface area contributed by atoms with Gasteiger partial charge in [-0.1, -0.05) is 28.1 Å². The highest BCUT2D eigenvalue weighted by Gasteiger charge is 2.37. The van der Waals surface area contributed by atoms with Gasteiger partial charge in [0, 0.05) is 10.9 Å². The van der Waals surface area contributed by atoms with Gasteiger partial charge in [0.2, 0.25) is 5.91 Å². The lowest BCUT2D eigenvalue weighted by molar-refractivity contribution is -0.925. The van der Waals surface area contributed by atoms with Crippen molar-refractivity contribution in [3.63, 3.8) is 0 Å². The lowest BCUT2D eigenvalue weighted by Crippen LogP contribution is -3.18. The molecule has 126 valence electrons. The first-order chi connectivity index (χ1) is 10.9. The fourth-order valence-electron chi connectivity index (χ4n) is 3.46. The molecular weight excluding hydrogens is 380 g/mol. The standard InChI is InChI=1S/C16H21BrN2O3S/c17-14-3-1-13(2-4-14)11-16(20)19-8-6-18(7-9-19)15-5-10-23(21,22)12-15/h1-4,15H,5-12H2/p+1/t15-/m1/s1. The van der Waals surface area contributed by atoms with Crippen molar-refractivity contribution in [3.8, 4) is 0 Å². The van der Waals surface area contributed by atoms with E-state index in [1.54, 1.807) is 0 Å². The van der Waals surface area contributed by atoms with E-state index in [-0.39, 0.29) is 11.9 Å². The maximum atomic E-state index is 12.4. The summed E-state index contributed by atoms with van der Waals surface area (Å²) >= 11 is 3.39. The quantitative estimate of drug-likeness (QED) is 0.769. The van der Waals surface area contributed by atoms with Gasteiger partial charge < -0.3 is 9.80 Å². The van der Waals surface area contributed by atoms with Crippen LogP contribution in [0.4, 0.5) is 0 Å². The number of nitrogens with one attached hydrogen (secondary N) is 1. The van der Waals surface area contributed by atoms with Crippen LogP contribution in [0.5, 0.6) is 0 Å². The highest BCUT2D eigenvalue weighted by Crippen LogP contribution is 2.12. The summed E-state index contributed by atoms with van der Waals surface area (Å²) in [4.78, 5) is 15.7. The molecule has 0 aromatic heterocycles. The summed E-state index contributed by atoms with van der Waals surface area (Å²) < 4.78 is 24.2. The molecule has 0 saturated carbocycles. The number of amides is 1. The van der Waals surface area contributed by atoms with Crippen LogP contribution in [0.2, 0.25) is 0 Å². The van der Waals surface area contributed by atoms with Crippen molar-refractivity contribution in [2.45, 2.75) is 18.9 Å². The molecule has 1 aromatic rings. The Morgan fingerprint density at radius 2 is 1.87 bits per heavy atom. The molecule has 5 nitrogen and oxygen atoms in total. The smallest absolute Gasteiger partial charge is 0.227 e. The first-order valence-electron chi connectivity index (χ1n) is 8.00. The number of rotatable bonds is 3.